The van der Waals surface area contributed by atoms with Crippen LogP contribution in [0, 0.1) is 0 Å². The van der Waals surface area contributed by atoms with E-state index in [9.17, 15) is 4.79 Å². The minimum atomic E-state index is -0.461. The molecule has 6 nitrogen and oxygen atoms in total. The molecule has 26 heavy (non-hydrogen) atoms. The average Bonchev–Trinajstić information content (AvgIpc) is 3.14. The number of rotatable bonds is 6. The lowest BCUT2D eigenvalue weighted by Gasteiger charge is -2.18. The molecule has 1 unspecified atom stereocenters. The number of carbonyl (C=O) groups excluding carboxylic acids is 1. The van der Waals surface area contributed by atoms with Crippen molar-refractivity contribution in [2.24, 2.45) is 0 Å². The lowest BCUT2D eigenvalue weighted by atomic mass is 10.1. The van der Waals surface area contributed by atoms with Gasteiger partial charge >= 0.3 is 0 Å². The number of aromatic nitrogens is 2. The van der Waals surface area contributed by atoms with Crippen molar-refractivity contribution in [2.45, 2.75) is 10.5 Å². The van der Waals surface area contributed by atoms with Crippen LogP contribution in [-0.4, -0.2) is 42.2 Å². The summed E-state index contributed by atoms with van der Waals surface area (Å²) in [7, 11) is 5.05. The second-order valence-corrected chi connectivity index (χ2v) is 6.77. The number of para-hydroxylation sites is 1. The number of thioether (sulfide) groups is 1. The van der Waals surface area contributed by atoms with Gasteiger partial charge in [0.15, 0.2) is 0 Å². The number of amides is 1. The molecule has 7 heteroatoms. The Labute approximate surface area is 156 Å². The number of hydrogen-bond donors (Lipinski definition) is 0. The molecule has 134 valence electrons. The zero-order chi connectivity index (χ0) is 18.5. The SMILES string of the molecule is COc1ccccc1-c1nnc(SC(C(=O)N(C)C)c2ccccc2)o1. The summed E-state index contributed by atoms with van der Waals surface area (Å²) in [6.45, 7) is 0. The van der Waals surface area contributed by atoms with E-state index >= 15 is 0 Å². The molecule has 3 rings (SSSR count). The van der Waals surface area contributed by atoms with E-state index in [2.05, 4.69) is 10.2 Å². The number of benzene rings is 2. The van der Waals surface area contributed by atoms with Gasteiger partial charge in [-0.2, -0.15) is 0 Å². The standard InChI is InChI=1S/C19H19N3O3S/c1-22(2)18(23)16(13-9-5-4-6-10-13)26-19-21-20-17(25-19)14-11-7-8-12-15(14)24-3/h4-12,16H,1-3H3. The predicted molar refractivity (Wildman–Crippen MR) is 100 cm³/mol. The van der Waals surface area contributed by atoms with Gasteiger partial charge in [-0.3, -0.25) is 4.79 Å². The van der Waals surface area contributed by atoms with E-state index in [1.54, 1.807) is 26.1 Å². The number of nitrogens with zero attached hydrogens (tertiary/aromatic N) is 3. The molecule has 1 atom stereocenters. The molecule has 2 aromatic carbocycles. The minimum Gasteiger partial charge on any atom is -0.496 e. The van der Waals surface area contributed by atoms with Crippen molar-refractivity contribution in [1.29, 1.82) is 0 Å². The molecule has 0 bridgehead atoms. The molecule has 1 amide bonds. The van der Waals surface area contributed by atoms with Crippen molar-refractivity contribution < 1.29 is 13.9 Å². The van der Waals surface area contributed by atoms with Crippen LogP contribution >= 0.6 is 11.8 Å². The van der Waals surface area contributed by atoms with Gasteiger partial charge in [-0.1, -0.05) is 42.5 Å². The summed E-state index contributed by atoms with van der Waals surface area (Å²) >= 11 is 1.23. The van der Waals surface area contributed by atoms with Crippen LogP contribution in [0.4, 0.5) is 0 Å². The van der Waals surface area contributed by atoms with E-state index in [0.717, 1.165) is 5.56 Å². The molecule has 0 spiro atoms. The second kappa shape index (κ2) is 8.05. The molecular weight excluding hydrogens is 350 g/mol. The fourth-order valence-corrected chi connectivity index (χ4v) is 3.43. The van der Waals surface area contributed by atoms with Gasteiger partial charge in [0.05, 0.1) is 12.7 Å². The third-order valence-corrected chi connectivity index (χ3v) is 4.81. The van der Waals surface area contributed by atoms with Gasteiger partial charge in [-0.25, -0.2) is 0 Å². The van der Waals surface area contributed by atoms with Crippen LogP contribution in [0.3, 0.4) is 0 Å². The van der Waals surface area contributed by atoms with Crippen LogP contribution in [0.1, 0.15) is 10.8 Å². The van der Waals surface area contributed by atoms with Crippen molar-refractivity contribution in [3.63, 3.8) is 0 Å². The van der Waals surface area contributed by atoms with Gasteiger partial charge in [-0.05, 0) is 29.5 Å². The molecule has 0 aliphatic carbocycles. The molecule has 0 fully saturated rings. The molecular formula is C19H19N3O3S. The van der Waals surface area contributed by atoms with Crippen molar-refractivity contribution in [3.05, 3.63) is 60.2 Å². The molecule has 0 radical (unpaired) electrons. The Hall–Kier alpha value is -2.80. The quantitative estimate of drug-likeness (QED) is 0.618. The molecule has 0 saturated carbocycles. The summed E-state index contributed by atoms with van der Waals surface area (Å²) in [5, 5.41) is 8.07. The molecule has 0 aliphatic rings. The van der Waals surface area contributed by atoms with Gasteiger partial charge in [0, 0.05) is 14.1 Å². The summed E-state index contributed by atoms with van der Waals surface area (Å²) < 4.78 is 11.1. The van der Waals surface area contributed by atoms with Crippen LogP contribution in [0.15, 0.2) is 64.2 Å². The smallest absolute Gasteiger partial charge is 0.277 e. The first kappa shape index (κ1) is 18.0. The van der Waals surface area contributed by atoms with Gasteiger partial charge in [-0.15, -0.1) is 10.2 Å². The topological polar surface area (TPSA) is 68.5 Å². The van der Waals surface area contributed by atoms with Crippen molar-refractivity contribution >= 4 is 17.7 Å². The van der Waals surface area contributed by atoms with Gasteiger partial charge in [0.25, 0.3) is 11.1 Å². The van der Waals surface area contributed by atoms with Crippen LogP contribution < -0.4 is 4.74 Å². The highest BCUT2D eigenvalue weighted by Crippen LogP contribution is 2.37. The lowest BCUT2D eigenvalue weighted by Crippen LogP contribution is -2.26. The van der Waals surface area contributed by atoms with Gasteiger partial charge < -0.3 is 14.1 Å². The summed E-state index contributed by atoms with van der Waals surface area (Å²) in [5.41, 5.74) is 1.60. The van der Waals surface area contributed by atoms with Crippen molar-refractivity contribution in [2.75, 3.05) is 21.2 Å². The van der Waals surface area contributed by atoms with Gasteiger partial charge in [0.2, 0.25) is 5.91 Å². The number of ether oxygens (including phenoxy) is 1. The summed E-state index contributed by atoms with van der Waals surface area (Å²) in [6, 6.07) is 17.0. The first-order valence-electron chi connectivity index (χ1n) is 8.00. The molecule has 0 saturated heterocycles. The van der Waals surface area contributed by atoms with Crippen LogP contribution in [-0.2, 0) is 4.79 Å². The molecule has 1 heterocycles. The van der Waals surface area contributed by atoms with Crippen LogP contribution in [0.2, 0.25) is 0 Å². The molecule has 0 N–H and O–H groups in total. The molecule has 0 aliphatic heterocycles. The third-order valence-electron chi connectivity index (χ3n) is 3.73. The van der Waals surface area contributed by atoms with E-state index in [1.165, 1.54) is 11.8 Å². The fourth-order valence-electron chi connectivity index (χ4n) is 2.41. The Morgan fingerprint density at radius 1 is 1.08 bits per heavy atom. The first-order chi connectivity index (χ1) is 12.6. The van der Waals surface area contributed by atoms with Crippen LogP contribution in [0.5, 0.6) is 5.75 Å². The highest BCUT2D eigenvalue weighted by Gasteiger charge is 2.26. The Balaban J connectivity index is 1.89. The van der Waals surface area contributed by atoms with E-state index in [1.807, 2.05) is 54.6 Å². The summed E-state index contributed by atoms with van der Waals surface area (Å²) in [5.74, 6) is 0.962. The average molecular weight is 369 g/mol. The van der Waals surface area contributed by atoms with Crippen molar-refractivity contribution in [1.82, 2.24) is 15.1 Å². The number of methoxy groups -OCH3 is 1. The van der Waals surface area contributed by atoms with E-state index in [0.29, 0.717) is 22.4 Å². The van der Waals surface area contributed by atoms with E-state index < -0.39 is 5.25 Å². The Bertz CT molecular complexity index is 881. The van der Waals surface area contributed by atoms with Gasteiger partial charge in [0.1, 0.15) is 11.0 Å². The highest BCUT2D eigenvalue weighted by molar-refractivity contribution is 8.00. The normalized spacial score (nSPS) is 11.8. The number of likely N-dealkylation sites (N-methyl/N-ethyl adjacent to an activating group) is 1. The number of hydrogen-bond acceptors (Lipinski definition) is 6. The zero-order valence-corrected chi connectivity index (χ0v) is 15.6. The maximum absolute atomic E-state index is 12.6. The minimum absolute atomic E-state index is 0.0433. The fraction of sp³-hybridized carbons (Fsp3) is 0.211. The number of carbonyl (C=O) groups is 1. The monoisotopic (exact) mass is 369 g/mol. The Morgan fingerprint density at radius 2 is 1.77 bits per heavy atom. The summed E-state index contributed by atoms with van der Waals surface area (Å²) in [4.78, 5) is 14.2. The highest BCUT2D eigenvalue weighted by atomic mass is 32.2. The summed E-state index contributed by atoms with van der Waals surface area (Å²) in [6.07, 6.45) is 0. The zero-order valence-electron chi connectivity index (χ0n) is 14.7. The van der Waals surface area contributed by atoms with E-state index in [4.69, 9.17) is 9.15 Å². The maximum atomic E-state index is 12.6. The first-order valence-corrected chi connectivity index (χ1v) is 8.87. The molecule has 1 aromatic heterocycles. The third kappa shape index (κ3) is 3.88. The Kier molecular flexibility index (Phi) is 5.58. The Morgan fingerprint density at radius 3 is 2.46 bits per heavy atom. The lowest BCUT2D eigenvalue weighted by molar-refractivity contribution is -0.128. The van der Waals surface area contributed by atoms with Crippen molar-refractivity contribution in [3.8, 4) is 17.2 Å². The largest absolute Gasteiger partial charge is 0.496 e. The van der Waals surface area contributed by atoms with E-state index in [-0.39, 0.29) is 5.91 Å². The van der Waals surface area contributed by atoms with Crippen LogP contribution in [0.25, 0.3) is 11.5 Å². The predicted octanol–water partition coefficient (Wildman–Crippen LogP) is 3.67. The molecule has 3 aromatic rings. The second-order valence-electron chi connectivity index (χ2n) is 5.71. The maximum Gasteiger partial charge on any atom is 0.277 e.